The Kier molecular flexibility index (Phi) is 6.46. The molecule has 0 aliphatic carbocycles. The van der Waals surface area contributed by atoms with Gasteiger partial charge in [0.1, 0.15) is 6.04 Å². The summed E-state index contributed by atoms with van der Waals surface area (Å²) in [6, 6.07) is 22.7. The average molecular weight is 538 g/mol. The summed E-state index contributed by atoms with van der Waals surface area (Å²) < 4.78 is 28.2. The zero-order valence-electron chi connectivity index (χ0n) is 19.6. The third-order valence-electron chi connectivity index (χ3n) is 6.05. The van der Waals surface area contributed by atoms with Crippen LogP contribution in [0.2, 0.25) is 5.02 Å². The summed E-state index contributed by atoms with van der Waals surface area (Å²) in [5.74, 6) is 0. The van der Waals surface area contributed by atoms with E-state index in [1.165, 1.54) is 0 Å². The van der Waals surface area contributed by atoms with Crippen molar-refractivity contribution in [1.29, 1.82) is 0 Å². The minimum Gasteiger partial charge on any atom is -0.351 e. The van der Waals surface area contributed by atoms with Crippen LogP contribution in [0.25, 0.3) is 5.69 Å². The van der Waals surface area contributed by atoms with E-state index in [0.29, 0.717) is 15.8 Å². The van der Waals surface area contributed by atoms with Gasteiger partial charge in [0.05, 0.1) is 23.7 Å². The number of pyridine rings is 1. The molecule has 0 saturated carbocycles. The average Bonchev–Trinajstić information content (AvgIpc) is 3.44. The first-order valence-electron chi connectivity index (χ1n) is 11.2. The molecule has 1 aliphatic rings. The molecule has 2 aromatic heterocycles. The molecule has 1 saturated heterocycles. The third kappa shape index (κ3) is 4.82. The highest BCUT2D eigenvalue weighted by molar-refractivity contribution is 7.92. The number of sulfonamides is 1. The first-order valence-corrected chi connectivity index (χ1v) is 13.9. The molecule has 2 aromatic carbocycles. The van der Waals surface area contributed by atoms with Gasteiger partial charge in [0.15, 0.2) is 5.11 Å². The molecular formula is C26H24ClN5O2S2. The van der Waals surface area contributed by atoms with Gasteiger partial charge in [0, 0.05) is 34.5 Å². The van der Waals surface area contributed by atoms with Gasteiger partial charge >= 0.3 is 0 Å². The van der Waals surface area contributed by atoms with Crippen molar-refractivity contribution >= 4 is 50.3 Å². The highest BCUT2D eigenvalue weighted by Crippen LogP contribution is 2.43. The number of aromatic nitrogens is 2. The molecule has 2 N–H and O–H groups in total. The second-order valence-corrected chi connectivity index (χ2v) is 11.2. The minimum absolute atomic E-state index is 0.222. The van der Waals surface area contributed by atoms with Gasteiger partial charge in [0.2, 0.25) is 10.0 Å². The lowest BCUT2D eigenvalue weighted by atomic mass is 10.0. The smallest absolute Gasteiger partial charge is 0.229 e. The Hall–Kier alpha value is -3.40. The fraction of sp³-hybridized carbons (Fsp3) is 0.154. The monoisotopic (exact) mass is 537 g/mol. The van der Waals surface area contributed by atoms with Crippen LogP contribution in [0.3, 0.4) is 0 Å². The maximum atomic E-state index is 11.8. The van der Waals surface area contributed by atoms with Crippen LogP contribution in [-0.2, 0) is 10.0 Å². The highest BCUT2D eigenvalue weighted by atomic mass is 35.5. The summed E-state index contributed by atoms with van der Waals surface area (Å²) in [6.45, 7) is 1.86. The largest absolute Gasteiger partial charge is 0.351 e. The molecule has 0 spiro atoms. The Balaban J connectivity index is 1.64. The Morgan fingerprint density at radius 3 is 2.56 bits per heavy atom. The zero-order chi connectivity index (χ0) is 25.4. The molecule has 4 aromatic rings. The van der Waals surface area contributed by atoms with Gasteiger partial charge in [-0.1, -0.05) is 23.7 Å². The molecule has 2 atom stereocenters. The van der Waals surface area contributed by atoms with Crippen LogP contribution < -0.4 is 14.9 Å². The fourth-order valence-electron chi connectivity index (χ4n) is 4.54. The molecule has 7 nitrogen and oxygen atoms in total. The summed E-state index contributed by atoms with van der Waals surface area (Å²) in [5.41, 5.74) is 4.94. The highest BCUT2D eigenvalue weighted by Gasteiger charge is 2.42. The molecule has 36 heavy (non-hydrogen) atoms. The number of aryl methyl sites for hydroxylation is 1. The SMILES string of the molecule is Cc1cc(N2C(=S)N[C@H](c3ccccn3)[C@@H]2c2cccn2-c2cccc(Cl)c2)ccc1NS(C)(=O)=O. The maximum absolute atomic E-state index is 11.8. The number of hydrogen-bond acceptors (Lipinski definition) is 4. The number of rotatable bonds is 6. The van der Waals surface area contributed by atoms with Gasteiger partial charge in [-0.15, -0.1) is 0 Å². The normalized spacial score (nSPS) is 17.8. The lowest BCUT2D eigenvalue weighted by Gasteiger charge is -2.29. The first-order chi connectivity index (χ1) is 17.2. The predicted octanol–water partition coefficient (Wildman–Crippen LogP) is 5.38. The van der Waals surface area contributed by atoms with Crippen LogP contribution in [0.1, 0.15) is 29.0 Å². The predicted molar refractivity (Wildman–Crippen MR) is 148 cm³/mol. The number of thiocarbonyl (C=S) groups is 1. The van der Waals surface area contributed by atoms with Crippen LogP contribution in [0.4, 0.5) is 11.4 Å². The van der Waals surface area contributed by atoms with Gasteiger partial charge < -0.3 is 14.8 Å². The topological polar surface area (TPSA) is 79.3 Å². The van der Waals surface area contributed by atoms with Gasteiger partial charge in [-0.2, -0.15) is 0 Å². The van der Waals surface area contributed by atoms with E-state index in [9.17, 15) is 8.42 Å². The summed E-state index contributed by atoms with van der Waals surface area (Å²) in [4.78, 5) is 6.67. The van der Waals surface area contributed by atoms with E-state index in [2.05, 4.69) is 30.6 Å². The summed E-state index contributed by atoms with van der Waals surface area (Å²) in [7, 11) is -3.40. The molecule has 10 heteroatoms. The van der Waals surface area contributed by atoms with Gasteiger partial charge in [-0.3, -0.25) is 9.71 Å². The number of nitrogens with zero attached hydrogens (tertiary/aromatic N) is 3. The standard InChI is InChI=1S/C26H24ClN5O2S2/c1-17-15-20(11-12-21(17)30-36(2,33)34)32-25(24(29-26(32)35)22-9-3-4-13-28-22)23-10-6-14-31(23)19-8-5-7-18(27)16-19/h3-16,24-25,30H,1-2H3,(H,29,35)/t24-,25+/m1/s1. The third-order valence-corrected chi connectivity index (χ3v) is 7.19. The zero-order valence-corrected chi connectivity index (χ0v) is 22.0. The first kappa shape index (κ1) is 24.3. The van der Waals surface area contributed by atoms with E-state index in [1.54, 1.807) is 12.3 Å². The lowest BCUT2D eigenvalue weighted by molar-refractivity contribution is 0.549. The van der Waals surface area contributed by atoms with E-state index in [-0.39, 0.29) is 12.1 Å². The summed E-state index contributed by atoms with van der Waals surface area (Å²) in [5, 5.41) is 4.66. The van der Waals surface area contributed by atoms with Gasteiger partial charge in [0.25, 0.3) is 0 Å². The van der Waals surface area contributed by atoms with E-state index >= 15 is 0 Å². The number of anilines is 2. The van der Waals surface area contributed by atoms with Crippen LogP contribution in [0, 0.1) is 6.92 Å². The molecule has 5 rings (SSSR count). The van der Waals surface area contributed by atoms with Crippen molar-refractivity contribution in [3.8, 4) is 5.69 Å². The van der Waals surface area contributed by atoms with Crippen molar-refractivity contribution < 1.29 is 8.42 Å². The Bertz CT molecular complexity index is 1540. The number of hydrogen-bond donors (Lipinski definition) is 2. The summed E-state index contributed by atoms with van der Waals surface area (Å²) in [6.07, 6.45) is 4.91. The quantitative estimate of drug-likeness (QED) is 0.321. The molecule has 0 bridgehead atoms. The van der Waals surface area contributed by atoms with Crippen LogP contribution in [0.5, 0.6) is 0 Å². The lowest BCUT2D eigenvalue weighted by Crippen LogP contribution is -2.30. The number of halogens is 1. The molecule has 3 heterocycles. The molecule has 1 fully saturated rings. The van der Waals surface area contributed by atoms with Gasteiger partial charge in [-0.25, -0.2) is 8.42 Å². The molecular weight excluding hydrogens is 514 g/mol. The van der Waals surface area contributed by atoms with E-state index in [1.807, 2.05) is 73.8 Å². The molecule has 184 valence electrons. The maximum Gasteiger partial charge on any atom is 0.229 e. The van der Waals surface area contributed by atoms with E-state index in [0.717, 1.165) is 34.6 Å². The number of benzene rings is 2. The van der Waals surface area contributed by atoms with Crippen molar-refractivity contribution in [3.05, 3.63) is 107 Å². The van der Waals surface area contributed by atoms with Crippen LogP contribution >= 0.6 is 23.8 Å². The van der Waals surface area contributed by atoms with Crippen molar-refractivity contribution in [2.75, 3.05) is 15.9 Å². The Morgan fingerprint density at radius 2 is 1.86 bits per heavy atom. The molecule has 0 amide bonds. The fourth-order valence-corrected chi connectivity index (χ4v) is 5.70. The second-order valence-electron chi connectivity index (χ2n) is 8.65. The van der Waals surface area contributed by atoms with Crippen molar-refractivity contribution in [2.45, 2.75) is 19.0 Å². The van der Waals surface area contributed by atoms with E-state index in [4.69, 9.17) is 23.8 Å². The van der Waals surface area contributed by atoms with Crippen molar-refractivity contribution in [3.63, 3.8) is 0 Å². The minimum atomic E-state index is -3.40. The van der Waals surface area contributed by atoms with Gasteiger partial charge in [-0.05, 0) is 85.4 Å². The Labute approximate surface area is 220 Å². The second kappa shape index (κ2) is 9.57. The Morgan fingerprint density at radius 1 is 1.03 bits per heavy atom. The van der Waals surface area contributed by atoms with Crippen LogP contribution in [0.15, 0.2) is 85.2 Å². The van der Waals surface area contributed by atoms with E-state index < -0.39 is 10.0 Å². The van der Waals surface area contributed by atoms with Crippen LogP contribution in [-0.4, -0.2) is 29.3 Å². The number of nitrogens with one attached hydrogen (secondary N) is 2. The molecule has 1 aliphatic heterocycles. The van der Waals surface area contributed by atoms with Crippen molar-refractivity contribution in [1.82, 2.24) is 14.9 Å². The molecule has 0 unspecified atom stereocenters. The summed E-state index contributed by atoms with van der Waals surface area (Å²) >= 11 is 12.1. The molecule has 0 radical (unpaired) electrons. The van der Waals surface area contributed by atoms with Crippen molar-refractivity contribution in [2.24, 2.45) is 0 Å².